The van der Waals surface area contributed by atoms with Crippen LogP contribution in [0.3, 0.4) is 0 Å². The average molecular weight is 447 g/mol. The minimum Gasteiger partial charge on any atom is -0.467 e. The van der Waals surface area contributed by atoms with Crippen LogP contribution in [0, 0.1) is 0 Å². The Labute approximate surface area is 189 Å². The van der Waals surface area contributed by atoms with Gasteiger partial charge in [0.1, 0.15) is 18.3 Å². The molecule has 0 saturated carbocycles. The zero-order valence-electron chi connectivity index (χ0n) is 16.9. The van der Waals surface area contributed by atoms with Crippen molar-refractivity contribution in [1.29, 1.82) is 0 Å². The maximum atomic E-state index is 12.8. The molecule has 3 heterocycles. The third-order valence-electron chi connectivity index (χ3n) is 5.21. The zero-order valence-corrected chi connectivity index (χ0v) is 17.7. The molecular weight excluding hydrogens is 428 g/mol. The van der Waals surface area contributed by atoms with E-state index < -0.39 is 0 Å². The molecular formula is C23H19ClN6O2. The van der Waals surface area contributed by atoms with Crippen LogP contribution < -0.4 is 10.2 Å². The lowest BCUT2D eigenvalue weighted by molar-refractivity contribution is -0.119. The second kappa shape index (κ2) is 8.68. The molecule has 2 aromatic heterocycles. The van der Waals surface area contributed by atoms with Crippen LogP contribution in [0.1, 0.15) is 22.9 Å². The number of furan rings is 1. The van der Waals surface area contributed by atoms with Crippen molar-refractivity contribution in [2.45, 2.75) is 12.6 Å². The number of hydrogen-bond acceptors (Lipinski definition) is 6. The van der Waals surface area contributed by atoms with Crippen molar-refractivity contribution in [3.8, 4) is 0 Å². The number of nitrogens with one attached hydrogen (secondary N) is 1. The fourth-order valence-corrected chi connectivity index (χ4v) is 3.80. The third-order valence-corrected chi connectivity index (χ3v) is 5.46. The second-order valence-corrected chi connectivity index (χ2v) is 7.72. The Bertz CT molecular complexity index is 1240. The summed E-state index contributed by atoms with van der Waals surface area (Å²) in [7, 11) is 0. The Morgan fingerprint density at radius 2 is 1.88 bits per heavy atom. The predicted octanol–water partition coefficient (Wildman–Crippen LogP) is 3.69. The summed E-state index contributed by atoms with van der Waals surface area (Å²) in [6.45, 7) is 0.359. The number of tetrazole rings is 1. The van der Waals surface area contributed by atoms with Gasteiger partial charge in [-0.1, -0.05) is 59.2 Å². The topological polar surface area (TPSA) is 89.1 Å². The fourth-order valence-electron chi connectivity index (χ4n) is 3.68. The van der Waals surface area contributed by atoms with Crippen LogP contribution in [-0.2, 0) is 11.3 Å². The van der Waals surface area contributed by atoms with Crippen LogP contribution in [-0.4, -0.2) is 32.7 Å². The molecule has 0 radical (unpaired) electrons. The molecule has 9 heteroatoms. The summed E-state index contributed by atoms with van der Waals surface area (Å²) in [5.74, 6) is 0.991. The first-order chi connectivity index (χ1) is 15.7. The number of amides is 1. The standard InChI is InChI=1S/C23H19ClN6O2/c24-18-10-8-17(9-11-18)21-13-20(16-5-2-1-3-6-16)29(23-26-27-28-30(21)23)15-22(31)25-14-19-7-4-12-32-19/h1-13,21H,14-15H2,(H,25,31). The first-order valence-electron chi connectivity index (χ1n) is 10.1. The van der Waals surface area contributed by atoms with Crippen molar-refractivity contribution in [2.75, 3.05) is 11.4 Å². The normalized spacial score (nSPS) is 15.2. The van der Waals surface area contributed by atoms with Crippen LogP contribution in [0.15, 0.2) is 83.5 Å². The van der Waals surface area contributed by atoms with Gasteiger partial charge in [0.05, 0.1) is 18.5 Å². The number of aromatic nitrogens is 4. The number of benzene rings is 2. The van der Waals surface area contributed by atoms with E-state index in [1.807, 2.05) is 65.6 Å². The van der Waals surface area contributed by atoms with Gasteiger partial charge < -0.3 is 9.73 Å². The van der Waals surface area contributed by atoms with Crippen LogP contribution in [0.2, 0.25) is 5.02 Å². The summed E-state index contributed by atoms with van der Waals surface area (Å²) >= 11 is 6.08. The summed E-state index contributed by atoms with van der Waals surface area (Å²) in [5.41, 5.74) is 2.79. The van der Waals surface area contributed by atoms with E-state index in [4.69, 9.17) is 16.0 Å². The molecule has 1 atom stereocenters. The van der Waals surface area contributed by atoms with Gasteiger partial charge in [-0.05, 0) is 51.9 Å². The number of nitrogens with zero attached hydrogens (tertiary/aromatic N) is 5. The van der Waals surface area contributed by atoms with Gasteiger partial charge in [0, 0.05) is 5.02 Å². The van der Waals surface area contributed by atoms with Crippen molar-refractivity contribution in [3.05, 3.63) is 101 Å². The van der Waals surface area contributed by atoms with E-state index in [1.165, 1.54) is 0 Å². The first-order valence-corrected chi connectivity index (χ1v) is 10.4. The molecule has 1 aliphatic rings. The molecule has 0 spiro atoms. The predicted molar refractivity (Wildman–Crippen MR) is 120 cm³/mol. The second-order valence-electron chi connectivity index (χ2n) is 7.28. The number of hydrogen-bond donors (Lipinski definition) is 1. The Morgan fingerprint density at radius 3 is 2.62 bits per heavy atom. The highest BCUT2D eigenvalue weighted by atomic mass is 35.5. The maximum Gasteiger partial charge on any atom is 0.251 e. The van der Waals surface area contributed by atoms with Gasteiger partial charge in [-0.15, -0.1) is 0 Å². The molecule has 0 aliphatic carbocycles. The lowest BCUT2D eigenvalue weighted by Crippen LogP contribution is -2.39. The van der Waals surface area contributed by atoms with Gasteiger partial charge in [0.2, 0.25) is 5.91 Å². The van der Waals surface area contributed by atoms with Gasteiger partial charge >= 0.3 is 0 Å². The Hall–Kier alpha value is -3.91. The first kappa shape index (κ1) is 20.0. The van der Waals surface area contributed by atoms with Gasteiger partial charge in [-0.2, -0.15) is 4.68 Å². The third kappa shape index (κ3) is 4.00. The lowest BCUT2D eigenvalue weighted by atomic mass is 10.0. The summed E-state index contributed by atoms with van der Waals surface area (Å²) < 4.78 is 7.00. The number of allylic oxidation sites excluding steroid dienone is 1. The Morgan fingerprint density at radius 1 is 1.06 bits per heavy atom. The smallest absolute Gasteiger partial charge is 0.251 e. The number of carbonyl (C=O) groups is 1. The van der Waals surface area contributed by atoms with Gasteiger partial charge in [-0.25, -0.2) is 0 Å². The molecule has 0 saturated heterocycles. The molecule has 0 fully saturated rings. The monoisotopic (exact) mass is 446 g/mol. The summed E-state index contributed by atoms with van der Waals surface area (Å²) in [5, 5.41) is 15.9. The summed E-state index contributed by atoms with van der Waals surface area (Å²) in [4.78, 5) is 14.6. The van der Waals surface area contributed by atoms with E-state index in [0.717, 1.165) is 16.8 Å². The zero-order chi connectivity index (χ0) is 21.9. The van der Waals surface area contributed by atoms with Crippen LogP contribution >= 0.6 is 11.6 Å². The summed E-state index contributed by atoms with van der Waals surface area (Å²) in [6.07, 6.45) is 3.63. The van der Waals surface area contributed by atoms with E-state index in [1.54, 1.807) is 17.0 Å². The Balaban J connectivity index is 1.49. The quantitative estimate of drug-likeness (QED) is 0.486. The molecule has 2 aromatic carbocycles. The number of fused-ring (bicyclic) bond motifs is 1. The van der Waals surface area contributed by atoms with E-state index in [0.29, 0.717) is 23.3 Å². The molecule has 0 bridgehead atoms. The van der Waals surface area contributed by atoms with Gasteiger partial charge in [-0.3, -0.25) is 9.69 Å². The van der Waals surface area contributed by atoms with Crippen molar-refractivity contribution in [1.82, 2.24) is 25.5 Å². The van der Waals surface area contributed by atoms with Crippen molar-refractivity contribution < 1.29 is 9.21 Å². The van der Waals surface area contributed by atoms with Crippen molar-refractivity contribution in [2.24, 2.45) is 0 Å². The molecule has 4 aromatic rings. The highest BCUT2D eigenvalue weighted by Gasteiger charge is 2.31. The van der Waals surface area contributed by atoms with Crippen LogP contribution in [0.4, 0.5) is 5.95 Å². The largest absolute Gasteiger partial charge is 0.467 e. The fraction of sp³-hybridized carbons (Fsp3) is 0.130. The van der Waals surface area contributed by atoms with E-state index in [-0.39, 0.29) is 18.5 Å². The molecule has 1 amide bonds. The number of anilines is 1. The number of halogens is 1. The van der Waals surface area contributed by atoms with E-state index in [2.05, 4.69) is 26.9 Å². The molecule has 160 valence electrons. The van der Waals surface area contributed by atoms with Crippen LogP contribution in [0.5, 0.6) is 0 Å². The SMILES string of the molecule is O=C(CN1C(c2ccccc2)=CC(c2ccc(Cl)cc2)n2nnnc21)NCc1ccco1. The Kier molecular flexibility index (Phi) is 5.43. The average Bonchev–Trinajstić information content (AvgIpc) is 3.52. The highest BCUT2D eigenvalue weighted by molar-refractivity contribution is 6.30. The van der Waals surface area contributed by atoms with Gasteiger partial charge in [0.15, 0.2) is 0 Å². The molecule has 1 unspecified atom stereocenters. The number of carbonyl (C=O) groups excluding carboxylic acids is 1. The lowest BCUT2D eigenvalue weighted by Gasteiger charge is -2.32. The highest BCUT2D eigenvalue weighted by Crippen LogP contribution is 2.36. The maximum absolute atomic E-state index is 12.8. The minimum atomic E-state index is -0.241. The molecule has 32 heavy (non-hydrogen) atoms. The molecule has 5 rings (SSSR count). The van der Waals surface area contributed by atoms with Crippen molar-refractivity contribution >= 4 is 29.2 Å². The number of rotatable bonds is 6. The molecule has 1 aliphatic heterocycles. The minimum absolute atomic E-state index is 0.0507. The molecule has 1 N–H and O–H groups in total. The van der Waals surface area contributed by atoms with Crippen molar-refractivity contribution in [3.63, 3.8) is 0 Å². The van der Waals surface area contributed by atoms with Gasteiger partial charge in [0.25, 0.3) is 5.95 Å². The molecule has 8 nitrogen and oxygen atoms in total. The van der Waals surface area contributed by atoms with E-state index in [9.17, 15) is 4.79 Å². The van der Waals surface area contributed by atoms with E-state index >= 15 is 0 Å². The summed E-state index contributed by atoms with van der Waals surface area (Å²) in [6, 6.07) is 20.8. The van der Waals surface area contributed by atoms with Crippen LogP contribution in [0.25, 0.3) is 5.70 Å².